The summed E-state index contributed by atoms with van der Waals surface area (Å²) >= 11 is 0. The summed E-state index contributed by atoms with van der Waals surface area (Å²) in [6, 6.07) is 7.19. The third kappa shape index (κ3) is 2.69. The van der Waals surface area contributed by atoms with Gasteiger partial charge in [0.1, 0.15) is 5.56 Å². The van der Waals surface area contributed by atoms with Crippen LogP contribution < -0.4 is 5.43 Å². The van der Waals surface area contributed by atoms with Gasteiger partial charge in [0, 0.05) is 24.7 Å². The summed E-state index contributed by atoms with van der Waals surface area (Å²) in [7, 11) is 0. The van der Waals surface area contributed by atoms with Crippen molar-refractivity contribution in [2.75, 3.05) is 19.6 Å². The molecule has 1 aromatic heterocycles. The summed E-state index contributed by atoms with van der Waals surface area (Å²) in [5.74, 6) is -1.17. The zero-order chi connectivity index (χ0) is 14.8. The molecule has 1 aliphatic rings. The largest absolute Gasteiger partial charge is 0.477 e. The molecule has 0 bridgehead atoms. The minimum Gasteiger partial charge on any atom is -0.477 e. The smallest absolute Gasteiger partial charge is 0.341 e. The van der Waals surface area contributed by atoms with Crippen LogP contribution in [0.25, 0.3) is 10.9 Å². The molecule has 1 N–H and O–H groups in total. The molecule has 21 heavy (non-hydrogen) atoms. The number of nitrogens with zero attached hydrogens (tertiary/aromatic N) is 2. The number of benzene rings is 1. The van der Waals surface area contributed by atoms with Crippen molar-refractivity contribution in [3.63, 3.8) is 0 Å². The third-order valence-electron chi connectivity index (χ3n) is 4.07. The van der Waals surface area contributed by atoms with E-state index in [1.54, 1.807) is 12.1 Å². The number of hydrogen-bond donors (Lipinski definition) is 1. The molecule has 0 spiro atoms. The van der Waals surface area contributed by atoms with E-state index in [1.165, 1.54) is 19.0 Å². The molecule has 2 aromatic rings. The topological polar surface area (TPSA) is 62.5 Å². The first-order valence-electron chi connectivity index (χ1n) is 7.24. The molecular weight excluding hydrogens is 268 g/mol. The van der Waals surface area contributed by atoms with Crippen LogP contribution in [0.2, 0.25) is 0 Å². The molecule has 0 aliphatic carbocycles. The van der Waals surface area contributed by atoms with E-state index < -0.39 is 11.4 Å². The van der Waals surface area contributed by atoms with Gasteiger partial charge in [0.25, 0.3) is 0 Å². The van der Waals surface area contributed by atoms with Gasteiger partial charge >= 0.3 is 5.97 Å². The number of rotatable bonds is 4. The summed E-state index contributed by atoms with van der Waals surface area (Å²) in [6.45, 7) is 3.78. The summed E-state index contributed by atoms with van der Waals surface area (Å²) in [5.41, 5.74) is 0.234. The summed E-state index contributed by atoms with van der Waals surface area (Å²) in [4.78, 5) is 25.8. The average molecular weight is 286 g/mol. The highest BCUT2D eigenvalue weighted by atomic mass is 16.4. The Balaban J connectivity index is 2.01. The van der Waals surface area contributed by atoms with Crippen molar-refractivity contribution in [3.05, 3.63) is 46.2 Å². The predicted molar refractivity (Wildman–Crippen MR) is 80.8 cm³/mol. The van der Waals surface area contributed by atoms with E-state index in [0.29, 0.717) is 11.9 Å². The fourth-order valence-corrected chi connectivity index (χ4v) is 2.94. The van der Waals surface area contributed by atoms with E-state index in [2.05, 4.69) is 4.90 Å². The van der Waals surface area contributed by atoms with E-state index in [1.807, 2.05) is 16.7 Å². The second-order valence-corrected chi connectivity index (χ2v) is 5.44. The van der Waals surface area contributed by atoms with Crippen molar-refractivity contribution >= 4 is 16.9 Å². The van der Waals surface area contributed by atoms with E-state index in [9.17, 15) is 14.7 Å². The lowest BCUT2D eigenvalue weighted by atomic mass is 10.1. The van der Waals surface area contributed by atoms with Gasteiger partial charge in [-0.25, -0.2) is 4.79 Å². The normalized spacial score (nSPS) is 15.6. The van der Waals surface area contributed by atoms with Crippen molar-refractivity contribution in [1.82, 2.24) is 9.47 Å². The van der Waals surface area contributed by atoms with Crippen LogP contribution in [-0.4, -0.2) is 40.2 Å². The van der Waals surface area contributed by atoms with Crippen molar-refractivity contribution in [2.45, 2.75) is 19.4 Å². The minimum atomic E-state index is -1.17. The fraction of sp³-hybridized carbons (Fsp3) is 0.375. The van der Waals surface area contributed by atoms with Gasteiger partial charge in [0.05, 0.1) is 5.52 Å². The first-order valence-corrected chi connectivity index (χ1v) is 7.24. The van der Waals surface area contributed by atoms with E-state index in [4.69, 9.17) is 0 Å². The maximum absolute atomic E-state index is 12.2. The van der Waals surface area contributed by atoms with Crippen LogP contribution in [0.4, 0.5) is 0 Å². The van der Waals surface area contributed by atoms with Crippen molar-refractivity contribution in [3.8, 4) is 0 Å². The number of likely N-dealkylation sites (tertiary alicyclic amines) is 1. The first-order chi connectivity index (χ1) is 10.2. The summed E-state index contributed by atoms with van der Waals surface area (Å²) in [6.07, 6.45) is 3.93. The standard InChI is InChI=1S/C16H18N2O3/c19-15-12-5-1-2-6-14(12)18(11-13(15)16(20)21)10-9-17-7-3-4-8-17/h1-2,5-6,11H,3-4,7-10H2,(H,20,21). The van der Waals surface area contributed by atoms with Gasteiger partial charge < -0.3 is 14.6 Å². The van der Waals surface area contributed by atoms with Crippen LogP contribution in [0.15, 0.2) is 35.3 Å². The van der Waals surface area contributed by atoms with Gasteiger partial charge in [0.15, 0.2) is 0 Å². The molecule has 0 radical (unpaired) electrons. The number of carbonyl (C=O) groups is 1. The number of aromatic carboxylic acids is 1. The SMILES string of the molecule is O=C(O)c1cn(CCN2CCCC2)c2ccccc2c1=O. The van der Waals surface area contributed by atoms with Gasteiger partial charge in [-0.1, -0.05) is 12.1 Å². The van der Waals surface area contributed by atoms with Crippen LogP contribution >= 0.6 is 0 Å². The molecular formula is C16H18N2O3. The van der Waals surface area contributed by atoms with Crippen LogP contribution in [0.3, 0.4) is 0 Å². The van der Waals surface area contributed by atoms with Crippen LogP contribution in [-0.2, 0) is 6.54 Å². The fourth-order valence-electron chi connectivity index (χ4n) is 2.94. The van der Waals surface area contributed by atoms with Crippen LogP contribution in [0.1, 0.15) is 23.2 Å². The molecule has 1 aliphatic heterocycles. The number of hydrogen-bond acceptors (Lipinski definition) is 3. The molecule has 0 atom stereocenters. The van der Waals surface area contributed by atoms with Crippen molar-refractivity contribution in [1.29, 1.82) is 0 Å². The first kappa shape index (κ1) is 13.8. The highest BCUT2D eigenvalue weighted by Gasteiger charge is 2.15. The lowest BCUT2D eigenvalue weighted by molar-refractivity contribution is 0.0694. The van der Waals surface area contributed by atoms with Gasteiger partial charge in [-0.05, 0) is 38.1 Å². The Morgan fingerprint density at radius 2 is 1.86 bits per heavy atom. The number of fused-ring (bicyclic) bond motifs is 1. The maximum atomic E-state index is 12.2. The third-order valence-corrected chi connectivity index (χ3v) is 4.07. The Bertz CT molecular complexity index is 730. The lowest BCUT2D eigenvalue weighted by Gasteiger charge is -2.17. The molecule has 3 rings (SSSR count). The zero-order valence-electron chi connectivity index (χ0n) is 11.8. The van der Waals surface area contributed by atoms with Crippen LogP contribution in [0, 0.1) is 0 Å². The number of carboxylic acids is 1. The molecule has 0 saturated carbocycles. The number of aromatic nitrogens is 1. The Hall–Kier alpha value is -2.14. The lowest BCUT2D eigenvalue weighted by Crippen LogP contribution is -2.26. The molecule has 1 fully saturated rings. The van der Waals surface area contributed by atoms with Gasteiger partial charge in [-0.2, -0.15) is 0 Å². The second-order valence-electron chi connectivity index (χ2n) is 5.44. The molecule has 0 amide bonds. The zero-order valence-corrected chi connectivity index (χ0v) is 11.8. The molecule has 5 heteroatoms. The van der Waals surface area contributed by atoms with E-state index in [0.717, 1.165) is 25.2 Å². The maximum Gasteiger partial charge on any atom is 0.341 e. The molecule has 1 aromatic carbocycles. The highest BCUT2D eigenvalue weighted by molar-refractivity contribution is 5.92. The predicted octanol–water partition coefficient (Wildman–Crippen LogP) is 1.80. The average Bonchev–Trinajstić information content (AvgIpc) is 3.00. The van der Waals surface area contributed by atoms with Gasteiger partial charge in [0.2, 0.25) is 5.43 Å². The Labute approximate surface area is 122 Å². The number of para-hydroxylation sites is 1. The number of pyridine rings is 1. The van der Waals surface area contributed by atoms with Gasteiger partial charge in [-0.3, -0.25) is 4.79 Å². The van der Waals surface area contributed by atoms with Crippen LogP contribution in [0.5, 0.6) is 0 Å². The molecule has 0 unspecified atom stereocenters. The summed E-state index contributed by atoms with van der Waals surface area (Å²) in [5, 5.41) is 9.68. The quantitative estimate of drug-likeness (QED) is 0.931. The number of carboxylic acid groups (broad SMARTS) is 1. The minimum absolute atomic E-state index is 0.157. The second kappa shape index (κ2) is 5.69. The van der Waals surface area contributed by atoms with Crippen molar-refractivity contribution in [2.24, 2.45) is 0 Å². The van der Waals surface area contributed by atoms with E-state index >= 15 is 0 Å². The highest BCUT2D eigenvalue weighted by Crippen LogP contribution is 2.13. The molecule has 110 valence electrons. The molecule has 1 saturated heterocycles. The monoisotopic (exact) mass is 286 g/mol. The Morgan fingerprint density at radius 3 is 2.57 bits per heavy atom. The van der Waals surface area contributed by atoms with E-state index in [-0.39, 0.29) is 5.56 Å². The Kier molecular flexibility index (Phi) is 3.75. The molecule has 2 heterocycles. The van der Waals surface area contributed by atoms with Crippen molar-refractivity contribution < 1.29 is 9.90 Å². The van der Waals surface area contributed by atoms with Gasteiger partial charge in [-0.15, -0.1) is 0 Å². The molecule has 5 nitrogen and oxygen atoms in total. The summed E-state index contributed by atoms with van der Waals surface area (Å²) < 4.78 is 1.89. The Morgan fingerprint density at radius 1 is 1.14 bits per heavy atom.